The quantitative estimate of drug-likeness (QED) is 0.244. The summed E-state index contributed by atoms with van der Waals surface area (Å²) in [7, 11) is 1.58. The first-order chi connectivity index (χ1) is 20.1. The van der Waals surface area contributed by atoms with E-state index in [1.54, 1.807) is 27.2 Å². The lowest BCUT2D eigenvalue weighted by molar-refractivity contribution is -0.134. The first kappa shape index (κ1) is 31.3. The number of Topliss-reactive ketones (excluding diaryl/α,β-unsaturated/α-hetero) is 3. The number of epoxide rings is 1. The summed E-state index contributed by atoms with van der Waals surface area (Å²) < 4.78 is 10.7. The lowest BCUT2D eigenvalue weighted by Crippen LogP contribution is -2.49. The highest BCUT2D eigenvalue weighted by atomic mass is 32.1. The number of aryl methyl sites for hydroxylation is 1. The van der Waals surface area contributed by atoms with Gasteiger partial charge in [0.2, 0.25) is 5.91 Å². The number of hydrogen-bond acceptors (Lipinski definition) is 8. The molecule has 1 fully saturated rings. The lowest BCUT2D eigenvalue weighted by Gasteiger charge is -2.24. The Kier molecular flexibility index (Phi) is 10.4. The average Bonchev–Trinajstić information content (AvgIpc) is 3.60. The van der Waals surface area contributed by atoms with Gasteiger partial charge in [0.25, 0.3) is 0 Å². The number of rotatable bonds is 16. The molecular formula is C33H38N2O6S. The average molecular weight is 591 g/mol. The molecule has 0 bridgehead atoms. The monoisotopic (exact) mass is 590 g/mol. The Bertz CT molecular complexity index is 1400. The van der Waals surface area contributed by atoms with Crippen LogP contribution < -0.4 is 10.1 Å². The first-order valence-corrected chi connectivity index (χ1v) is 15.0. The number of nitrogens with one attached hydrogen (secondary N) is 1. The third-order valence-electron chi connectivity index (χ3n) is 7.60. The fraction of sp³-hybridized carbons (Fsp3) is 0.424. The maximum atomic E-state index is 13.8. The van der Waals surface area contributed by atoms with Crippen LogP contribution in [-0.2, 0) is 43.2 Å². The molecule has 1 aliphatic rings. The van der Waals surface area contributed by atoms with Crippen LogP contribution in [0.3, 0.4) is 0 Å². The minimum Gasteiger partial charge on any atom is -0.497 e. The second-order valence-corrected chi connectivity index (χ2v) is 12.5. The minimum absolute atomic E-state index is 0.0399. The topological polar surface area (TPSA) is 115 Å². The molecule has 4 atom stereocenters. The van der Waals surface area contributed by atoms with Gasteiger partial charge < -0.3 is 14.8 Å². The van der Waals surface area contributed by atoms with Crippen LogP contribution in [0.15, 0.2) is 60.8 Å². The van der Waals surface area contributed by atoms with Crippen LogP contribution in [-0.4, -0.2) is 53.6 Å². The Hall–Kier alpha value is -3.69. The van der Waals surface area contributed by atoms with Gasteiger partial charge in [-0.2, -0.15) is 0 Å². The van der Waals surface area contributed by atoms with Crippen molar-refractivity contribution in [3.05, 3.63) is 81.8 Å². The zero-order valence-corrected chi connectivity index (χ0v) is 25.4. The van der Waals surface area contributed by atoms with Gasteiger partial charge >= 0.3 is 0 Å². The van der Waals surface area contributed by atoms with E-state index in [1.807, 2.05) is 61.5 Å². The van der Waals surface area contributed by atoms with E-state index in [9.17, 15) is 19.2 Å². The van der Waals surface area contributed by atoms with Crippen molar-refractivity contribution in [1.82, 2.24) is 10.3 Å². The van der Waals surface area contributed by atoms with Gasteiger partial charge in [-0.15, -0.1) is 11.3 Å². The maximum Gasteiger partial charge on any atom is 0.224 e. The number of carbonyl (C=O) groups excluding carboxylic acids is 4. The summed E-state index contributed by atoms with van der Waals surface area (Å²) in [4.78, 5) is 58.3. The van der Waals surface area contributed by atoms with Crippen LogP contribution in [0.4, 0.5) is 0 Å². The fourth-order valence-electron chi connectivity index (χ4n) is 4.92. The second-order valence-electron chi connectivity index (χ2n) is 11.2. The molecule has 42 heavy (non-hydrogen) atoms. The molecule has 1 aromatic heterocycles. The van der Waals surface area contributed by atoms with Crippen molar-refractivity contribution in [2.24, 2.45) is 11.8 Å². The summed E-state index contributed by atoms with van der Waals surface area (Å²) in [5.41, 5.74) is 0.849. The molecule has 2 aromatic carbocycles. The largest absolute Gasteiger partial charge is 0.497 e. The van der Waals surface area contributed by atoms with E-state index < -0.39 is 23.5 Å². The van der Waals surface area contributed by atoms with Gasteiger partial charge in [0, 0.05) is 42.2 Å². The molecule has 1 unspecified atom stereocenters. The van der Waals surface area contributed by atoms with Crippen molar-refractivity contribution < 1.29 is 28.7 Å². The molecule has 0 saturated carbocycles. The number of thiazole rings is 1. The van der Waals surface area contributed by atoms with Crippen molar-refractivity contribution in [2.45, 2.75) is 64.5 Å². The number of methoxy groups -OCH3 is 1. The number of hydrogen-bond donors (Lipinski definition) is 1. The maximum absolute atomic E-state index is 13.8. The summed E-state index contributed by atoms with van der Waals surface area (Å²) in [6.07, 6.45) is 2.59. The number of ether oxygens (including phenoxy) is 2. The molecule has 8 nitrogen and oxygen atoms in total. The summed E-state index contributed by atoms with van der Waals surface area (Å²) in [5.74, 6) is -1.36. The molecule has 0 spiro atoms. The Labute approximate surface area is 250 Å². The standard InChI is InChI=1S/C33H38N2O6S/c1-21(14-26(36)18-28-19-34-22(2)42-28)30(37)17-25(15-24-10-12-27(40-4)13-11-24)32(39)35-29(31(38)33(3)20-41-33)16-23-8-6-5-7-9-23/h5-13,19,21,25,29H,14-18,20H2,1-4H3,(H,35,39)/t21-,25-,29+,33?/m1/s1. The van der Waals surface area contributed by atoms with E-state index in [0.717, 1.165) is 21.0 Å². The van der Waals surface area contributed by atoms with E-state index in [2.05, 4.69) is 10.3 Å². The number of aromatic nitrogens is 1. The number of carbonyl (C=O) groups is 4. The predicted molar refractivity (Wildman–Crippen MR) is 161 cm³/mol. The minimum atomic E-state index is -0.917. The molecule has 4 rings (SSSR count). The molecule has 1 aliphatic heterocycles. The smallest absolute Gasteiger partial charge is 0.224 e. The highest BCUT2D eigenvalue weighted by molar-refractivity contribution is 7.11. The Morgan fingerprint density at radius 1 is 1.02 bits per heavy atom. The van der Waals surface area contributed by atoms with Crippen LogP contribution in [0.1, 0.15) is 47.7 Å². The van der Waals surface area contributed by atoms with Gasteiger partial charge in [0.1, 0.15) is 22.9 Å². The SMILES string of the molecule is COc1ccc(C[C@H](CC(=O)[C@H](C)CC(=O)Cc2cnc(C)s2)C(=O)N[C@@H](Cc2ccccc2)C(=O)C2(C)CO2)cc1. The first-order valence-electron chi connectivity index (χ1n) is 14.2. The molecular weight excluding hydrogens is 552 g/mol. The Morgan fingerprint density at radius 2 is 1.69 bits per heavy atom. The van der Waals surface area contributed by atoms with Gasteiger partial charge in [-0.05, 0) is 49.9 Å². The van der Waals surface area contributed by atoms with Crippen LogP contribution in [0.2, 0.25) is 0 Å². The van der Waals surface area contributed by atoms with Gasteiger partial charge in [-0.1, -0.05) is 49.4 Å². The summed E-state index contributed by atoms with van der Waals surface area (Å²) in [6, 6.07) is 16.0. The van der Waals surface area contributed by atoms with Gasteiger partial charge in [0.05, 0.1) is 24.8 Å². The molecule has 1 N–H and O–H groups in total. The second kappa shape index (κ2) is 14.0. The lowest BCUT2D eigenvalue weighted by atomic mass is 9.87. The summed E-state index contributed by atoms with van der Waals surface area (Å²) in [6.45, 7) is 5.65. The van der Waals surface area contributed by atoms with Crippen LogP contribution in [0.25, 0.3) is 0 Å². The van der Waals surface area contributed by atoms with Gasteiger partial charge in [-0.3, -0.25) is 19.2 Å². The van der Waals surface area contributed by atoms with E-state index >= 15 is 0 Å². The third-order valence-corrected chi connectivity index (χ3v) is 8.51. The zero-order chi connectivity index (χ0) is 30.3. The van der Waals surface area contributed by atoms with Crippen LogP contribution in [0.5, 0.6) is 5.75 Å². The zero-order valence-electron chi connectivity index (χ0n) is 24.6. The van der Waals surface area contributed by atoms with Gasteiger partial charge in [0.15, 0.2) is 5.78 Å². The highest BCUT2D eigenvalue weighted by Gasteiger charge is 2.50. The number of ketones is 3. The molecule has 0 aliphatic carbocycles. The number of amides is 1. The van der Waals surface area contributed by atoms with E-state index in [1.165, 1.54) is 11.3 Å². The summed E-state index contributed by atoms with van der Waals surface area (Å²) in [5, 5.41) is 3.85. The van der Waals surface area contributed by atoms with E-state index in [4.69, 9.17) is 9.47 Å². The molecule has 2 heterocycles. The van der Waals surface area contributed by atoms with Gasteiger partial charge in [-0.25, -0.2) is 4.98 Å². The molecule has 1 amide bonds. The third kappa shape index (κ3) is 8.66. The van der Waals surface area contributed by atoms with Crippen molar-refractivity contribution in [2.75, 3.05) is 13.7 Å². The van der Waals surface area contributed by atoms with Crippen molar-refractivity contribution in [3.8, 4) is 5.75 Å². The molecule has 1 saturated heterocycles. The predicted octanol–water partition coefficient (Wildman–Crippen LogP) is 4.50. The van der Waals surface area contributed by atoms with Crippen LogP contribution >= 0.6 is 11.3 Å². The normalized spacial score (nSPS) is 18.0. The number of benzene rings is 2. The van der Waals surface area contributed by atoms with Crippen LogP contribution in [0, 0.1) is 18.8 Å². The fourth-order valence-corrected chi connectivity index (χ4v) is 5.75. The molecule has 0 radical (unpaired) electrons. The highest BCUT2D eigenvalue weighted by Crippen LogP contribution is 2.29. The summed E-state index contributed by atoms with van der Waals surface area (Å²) >= 11 is 1.47. The molecule has 9 heteroatoms. The molecule has 3 aromatic rings. The van der Waals surface area contributed by atoms with E-state index in [-0.39, 0.29) is 42.5 Å². The Balaban J connectivity index is 1.48. The Morgan fingerprint density at radius 3 is 2.29 bits per heavy atom. The van der Waals surface area contributed by atoms with E-state index in [0.29, 0.717) is 25.2 Å². The molecule has 222 valence electrons. The van der Waals surface area contributed by atoms with Crippen molar-refractivity contribution in [3.63, 3.8) is 0 Å². The van der Waals surface area contributed by atoms with Crippen molar-refractivity contribution in [1.29, 1.82) is 0 Å². The number of nitrogens with zero attached hydrogens (tertiary/aromatic N) is 1. The van der Waals surface area contributed by atoms with Crippen molar-refractivity contribution >= 4 is 34.6 Å².